The molecule has 2 fully saturated rings. The Morgan fingerprint density at radius 1 is 1.15 bits per heavy atom. The second-order valence-electron chi connectivity index (χ2n) is 10.8. The molecule has 1 aliphatic carbocycles. The lowest BCUT2D eigenvalue weighted by Gasteiger charge is -2.33. The van der Waals surface area contributed by atoms with Gasteiger partial charge in [-0.3, -0.25) is 9.59 Å². The second-order valence-corrected chi connectivity index (χ2v) is 13.3. The Morgan fingerprint density at radius 2 is 1.85 bits per heavy atom. The molecule has 1 amide bonds. The van der Waals surface area contributed by atoms with E-state index in [0.29, 0.717) is 64.7 Å². The fourth-order valence-corrected chi connectivity index (χ4v) is 6.53. The van der Waals surface area contributed by atoms with Crippen LogP contribution in [-0.2, 0) is 20.6 Å². The zero-order chi connectivity index (χ0) is 28.5. The van der Waals surface area contributed by atoms with E-state index in [2.05, 4.69) is 17.3 Å². The molecule has 2 N–H and O–H groups in total. The number of benzene rings is 2. The van der Waals surface area contributed by atoms with Gasteiger partial charge in [0, 0.05) is 23.0 Å². The lowest BCUT2D eigenvalue weighted by Crippen LogP contribution is -3.16. The minimum absolute atomic E-state index is 0.0606. The molecular weight excluding hydrogens is 554 g/mol. The van der Waals surface area contributed by atoms with Crippen molar-refractivity contribution in [3.05, 3.63) is 75.7 Å². The van der Waals surface area contributed by atoms with Crippen LogP contribution in [0.3, 0.4) is 0 Å². The molecule has 2 aliphatic rings. The van der Waals surface area contributed by atoms with Gasteiger partial charge in [-0.2, -0.15) is 18.2 Å². The molecule has 10 nitrogen and oxygen atoms in total. The lowest BCUT2D eigenvalue weighted by atomic mass is 10.2. The van der Waals surface area contributed by atoms with Crippen LogP contribution in [0.5, 0.6) is 5.75 Å². The fraction of sp³-hybridized carbons (Fsp3) is 0.393. The van der Waals surface area contributed by atoms with Crippen molar-refractivity contribution in [1.82, 2.24) is 9.78 Å². The van der Waals surface area contributed by atoms with Crippen LogP contribution in [-0.4, -0.2) is 56.9 Å². The third kappa shape index (κ3) is 6.48. The Kier molecular flexibility index (Phi) is 7.89. The van der Waals surface area contributed by atoms with E-state index in [0.717, 1.165) is 12.8 Å². The van der Waals surface area contributed by atoms with Gasteiger partial charge in [0.05, 0.1) is 31.6 Å². The predicted octanol–water partition coefficient (Wildman–Crippen LogP) is 2.26. The van der Waals surface area contributed by atoms with E-state index in [1.165, 1.54) is 11.6 Å². The summed E-state index contributed by atoms with van der Waals surface area (Å²) < 4.78 is 34.3. The highest BCUT2D eigenvalue weighted by Crippen LogP contribution is 2.45. The van der Waals surface area contributed by atoms with E-state index in [-0.39, 0.29) is 28.4 Å². The molecule has 1 aromatic heterocycles. The summed E-state index contributed by atoms with van der Waals surface area (Å²) in [4.78, 5) is 26.8. The first kappa shape index (κ1) is 28.1. The molecule has 212 valence electrons. The molecule has 2 aromatic carbocycles. The van der Waals surface area contributed by atoms with Gasteiger partial charge in [0.2, 0.25) is 11.7 Å². The number of ether oxygens (including phenoxy) is 1. The number of sulfonamides is 1. The van der Waals surface area contributed by atoms with E-state index in [4.69, 9.17) is 16.3 Å². The molecule has 1 aliphatic heterocycles. The summed E-state index contributed by atoms with van der Waals surface area (Å²) >= 11 is 6.15. The highest BCUT2D eigenvalue weighted by molar-refractivity contribution is 7.84. The van der Waals surface area contributed by atoms with Gasteiger partial charge in [0.1, 0.15) is 24.5 Å². The summed E-state index contributed by atoms with van der Waals surface area (Å²) in [6.07, 6.45) is 3.71. The average Bonchev–Trinajstić information content (AvgIpc) is 3.65. The second kappa shape index (κ2) is 11.2. The predicted molar refractivity (Wildman–Crippen MR) is 154 cm³/mol. The SMILES string of the molecule is CC(=O)Nc1ccc(CS(=O)(=O)[NH+]2CCN(c3cnn(-c4cccc(Cl)c4)c(=O)c3OCC3(C)CC3)CC2)cc1. The molecule has 1 saturated carbocycles. The Balaban J connectivity index is 1.32. The average molecular weight is 587 g/mol. The third-order valence-corrected chi connectivity index (χ3v) is 9.61. The van der Waals surface area contributed by atoms with Gasteiger partial charge >= 0.3 is 5.56 Å². The van der Waals surface area contributed by atoms with Crippen molar-refractivity contribution in [2.75, 3.05) is 43.0 Å². The molecule has 3 aromatic rings. The summed E-state index contributed by atoms with van der Waals surface area (Å²) in [5.41, 5.74) is 2.06. The van der Waals surface area contributed by atoms with Crippen molar-refractivity contribution >= 4 is 38.9 Å². The van der Waals surface area contributed by atoms with Gasteiger partial charge < -0.3 is 15.0 Å². The Bertz CT molecular complexity index is 1560. The molecule has 0 spiro atoms. The molecular formula is C28H33ClN5O5S+. The van der Waals surface area contributed by atoms with Crippen molar-refractivity contribution < 1.29 is 22.3 Å². The van der Waals surface area contributed by atoms with E-state index < -0.39 is 10.0 Å². The number of aromatic nitrogens is 2. The maximum absolute atomic E-state index is 13.6. The number of quaternary nitrogens is 1. The number of hydrogen-bond donors (Lipinski definition) is 2. The van der Waals surface area contributed by atoms with Crippen LogP contribution in [0.1, 0.15) is 32.3 Å². The summed E-state index contributed by atoms with van der Waals surface area (Å²) in [7, 11) is -3.49. The highest BCUT2D eigenvalue weighted by atomic mass is 35.5. The fourth-order valence-electron chi connectivity index (χ4n) is 4.70. The van der Waals surface area contributed by atoms with Gasteiger partial charge in [-0.1, -0.05) is 36.7 Å². The first-order chi connectivity index (χ1) is 19.0. The minimum atomic E-state index is -3.49. The molecule has 12 heteroatoms. The number of halogens is 1. The molecule has 2 heterocycles. The number of anilines is 2. The number of nitrogens with zero attached hydrogens (tertiary/aromatic N) is 3. The van der Waals surface area contributed by atoms with Crippen molar-refractivity contribution in [3.63, 3.8) is 0 Å². The van der Waals surface area contributed by atoms with Crippen LogP contribution in [0.25, 0.3) is 5.69 Å². The standard InChI is InChI=1S/C28H32ClN5O5S/c1-20(35)31-23-8-6-21(7-9-23)18-40(37,38)33-14-12-32(13-15-33)25-17-30-34(24-5-3-4-22(29)16-24)27(36)26(25)39-19-28(2)10-11-28/h3-9,16-17H,10-15,18-19H2,1-2H3,(H,31,35)/p+1. The van der Waals surface area contributed by atoms with Gasteiger partial charge in [-0.25, -0.2) is 4.31 Å². The number of nitrogens with one attached hydrogen (secondary N) is 2. The molecule has 5 rings (SSSR count). The van der Waals surface area contributed by atoms with Crippen LogP contribution in [0.15, 0.2) is 59.5 Å². The summed E-state index contributed by atoms with van der Waals surface area (Å²) in [5, 5.41) is 7.58. The van der Waals surface area contributed by atoms with E-state index >= 15 is 0 Å². The summed E-state index contributed by atoms with van der Waals surface area (Å²) in [5.74, 6) is -0.0731. The van der Waals surface area contributed by atoms with Crippen LogP contribution in [0, 0.1) is 5.41 Å². The van der Waals surface area contributed by atoms with Gasteiger partial charge in [0.15, 0.2) is 0 Å². The number of carbonyl (C=O) groups is 1. The zero-order valence-corrected chi connectivity index (χ0v) is 24.1. The molecule has 0 unspecified atom stereocenters. The number of hydrogen-bond acceptors (Lipinski definition) is 7. The summed E-state index contributed by atoms with van der Waals surface area (Å²) in [6.45, 7) is 5.52. The van der Waals surface area contributed by atoms with Gasteiger partial charge in [-0.15, -0.1) is 0 Å². The molecule has 40 heavy (non-hydrogen) atoms. The number of piperazine rings is 1. The Labute approximate surface area is 238 Å². The normalized spacial score (nSPS) is 16.9. The number of amides is 1. The van der Waals surface area contributed by atoms with Crippen LogP contribution in [0.4, 0.5) is 11.4 Å². The van der Waals surface area contributed by atoms with Crippen LogP contribution < -0.4 is 24.8 Å². The quantitative estimate of drug-likeness (QED) is 0.395. The van der Waals surface area contributed by atoms with E-state index in [1.807, 2.05) is 4.90 Å². The van der Waals surface area contributed by atoms with E-state index in [9.17, 15) is 18.0 Å². The maximum Gasteiger partial charge on any atom is 0.316 e. The van der Waals surface area contributed by atoms with E-state index in [1.54, 1.807) is 54.7 Å². The monoisotopic (exact) mass is 586 g/mol. The Hall–Kier alpha value is -3.41. The third-order valence-electron chi connectivity index (χ3n) is 7.37. The topological polar surface area (TPSA) is 115 Å². The lowest BCUT2D eigenvalue weighted by molar-refractivity contribution is -0.768. The van der Waals surface area contributed by atoms with Gasteiger partial charge in [-0.05, 0) is 48.7 Å². The molecule has 0 bridgehead atoms. The molecule has 0 radical (unpaired) electrons. The Morgan fingerprint density at radius 3 is 2.48 bits per heavy atom. The maximum atomic E-state index is 13.6. The van der Waals surface area contributed by atoms with Crippen molar-refractivity contribution in [3.8, 4) is 11.4 Å². The summed E-state index contributed by atoms with van der Waals surface area (Å²) in [6, 6.07) is 13.7. The number of rotatable bonds is 9. The minimum Gasteiger partial charge on any atom is -0.486 e. The van der Waals surface area contributed by atoms with Crippen molar-refractivity contribution in [2.24, 2.45) is 5.41 Å². The highest BCUT2D eigenvalue weighted by Gasteiger charge is 2.39. The largest absolute Gasteiger partial charge is 0.486 e. The molecule has 0 atom stereocenters. The smallest absolute Gasteiger partial charge is 0.316 e. The molecule has 1 saturated heterocycles. The van der Waals surface area contributed by atoms with Crippen molar-refractivity contribution in [1.29, 1.82) is 0 Å². The first-order valence-corrected chi connectivity index (χ1v) is 15.3. The number of carbonyl (C=O) groups excluding carboxylic acids is 1. The van der Waals surface area contributed by atoms with Gasteiger partial charge in [0.25, 0.3) is 10.0 Å². The van der Waals surface area contributed by atoms with Crippen LogP contribution >= 0.6 is 11.6 Å². The first-order valence-electron chi connectivity index (χ1n) is 13.2. The van der Waals surface area contributed by atoms with Crippen LogP contribution in [0.2, 0.25) is 5.02 Å². The zero-order valence-electron chi connectivity index (χ0n) is 22.5. The van der Waals surface area contributed by atoms with Crippen molar-refractivity contribution in [2.45, 2.75) is 32.4 Å².